The van der Waals surface area contributed by atoms with Crippen molar-refractivity contribution in [3.63, 3.8) is 0 Å². The van der Waals surface area contributed by atoms with Crippen molar-refractivity contribution in [2.24, 2.45) is 12.8 Å². The summed E-state index contributed by atoms with van der Waals surface area (Å²) in [7, 11) is 2.04. The molecule has 0 amide bonds. The molecule has 0 bridgehead atoms. The molecule has 0 fully saturated rings. The van der Waals surface area contributed by atoms with Crippen LogP contribution in [0.3, 0.4) is 0 Å². The SMILES string of the molecule is Cc1cc2nc3n(C)c(CCN)c(Br)n3c2cc1C. The summed E-state index contributed by atoms with van der Waals surface area (Å²) >= 11 is 3.69. The van der Waals surface area contributed by atoms with Gasteiger partial charge in [-0.05, 0) is 59.6 Å². The first-order valence-corrected chi connectivity index (χ1v) is 7.16. The molecule has 0 spiro atoms. The summed E-state index contributed by atoms with van der Waals surface area (Å²) in [5.41, 5.74) is 11.6. The van der Waals surface area contributed by atoms with Gasteiger partial charge in [-0.2, -0.15) is 0 Å². The van der Waals surface area contributed by atoms with Crippen molar-refractivity contribution in [2.75, 3.05) is 6.54 Å². The summed E-state index contributed by atoms with van der Waals surface area (Å²) in [6.07, 6.45) is 0.840. The molecule has 3 rings (SSSR count). The fraction of sp³-hybridized carbons (Fsp3) is 0.357. The Labute approximate surface area is 120 Å². The number of imidazole rings is 2. The normalized spacial score (nSPS) is 11.8. The van der Waals surface area contributed by atoms with Crippen LogP contribution in [0.4, 0.5) is 0 Å². The number of nitrogens with zero attached hydrogens (tertiary/aromatic N) is 3. The number of halogens is 1. The maximum atomic E-state index is 5.68. The molecule has 2 aromatic heterocycles. The Balaban J connectivity index is 2.43. The molecule has 2 N–H and O–H groups in total. The van der Waals surface area contributed by atoms with E-state index >= 15 is 0 Å². The van der Waals surface area contributed by atoms with Crippen molar-refractivity contribution in [2.45, 2.75) is 20.3 Å². The third-order valence-corrected chi connectivity index (χ3v) is 4.59. The largest absolute Gasteiger partial charge is 0.330 e. The van der Waals surface area contributed by atoms with E-state index in [1.165, 1.54) is 16.8 Å². The monoisotopic (exact) mass is 320 g/mol. The van der Waals surface area contributed by atoms with Gasteiger partial charge in [-0.25, -0.2) is 4.98 Å². The number of rotatable bonds is 2. The van der Waals surface area contributed by atoms with Crippen molar-refractivity contribution in [1.82, 2.24) is 14.0 Å². The van der Waals surface area contributed by atoms with Crippen LogP contribution in [0, 0.1) is 13.8 Å². The molecule has 0 atom stereocenters. The van der Waals surface area contributed by atoms with E-state index in [0.717, 1.165) is 27.8 Å². The van der Waals surface area contributed by atoms with Gasteiger partial charge in [0.25, 0.3) is 0 Å². The highest BCUT2D eigenvalue weighted by molar-refractivity contribution is 9.10. The molecular weight excluding hydrogens is 304 g/mol. The fourth-order valence-corrected chi connectivity index (χ4v) is 3.35. The molecule has 2 heterocycles. The van der Waals surface area contributed by atoms with Crippen molar-refractivity contribution in [3.8, 4) is 0 Å². The number of fused-ring (bicyclic) bond motifs is 3. The molecule has 5 heteroatoms. The highest BCUT2D eigenvalue weighted by atomic mass is 79.9. The summed E-state index contributed by atoms with van der Waals surface area (Å²) < 4.78 is 5.33. The maximum Gasteiger partial charge on any atom is 0.215 e. The minimum atomic E-state index is 0.635. The van der Waals surface area contributed by atoms with Gasteiger partial charge in [0.1, 0.15) is 4.60 Å². The lowest BCUT2D eigenvalue weighted by atomic mass is 10.1. The van der Waals surface area contributed by atoms with Crippen LogP contribution in [0.1, 0.15) is 16.8 Å². The molecular formula is C14H17BrN4. The van der Waals surface area contributed by atoms with Crippen LogP contribution in [0.2, 0.25) is 0 Å². The van der Waals surface area contributed by atoms with Crippen LogP contribution in [-0.4, -0.2) is 20.5 Å². The summed E-state index contributed by atoms with van der Waals surface area (Å²) in [5.74, 6) is 0.954. The van der Waals surface area contributed by atoms with Gasteiger partial charge in [0.2, 0.25) is 5.78 Å². The second-order valence-corrected chi connectivity index (χ2v) is 5.76. The van der Waals surface area contributed by atoms with E-state index in [-0.39, 0.29) is 0 Å². The van der Waals surface area contributed by atoms with Gasteiger partial charge in [-0.3, -0.25) is 4.40 Å². The Morgan fingerprint density at radius 2 is 1.95 bits per heavy atom. The highest BCUT2D eigenvalue weighted by Crippen LogP contribution is 2.28. The lowest BCUT2D eigenvalue weighted by Crippen LogP contribution is -2.07. The standard InChI is InChI=1S/C14H17BrN4/c1-8-6-10-12(7-9(8)2)19-13(15)11(4-5-16)18(3)14(19)17-10/h6-7H,4-5,16H2,1-3H3. The zero-order valence-corrected chi connectivity index (χ0v) is 13.0. The lowest BCUT2D eigenvalue weighted by molar-refractivity contribution is 0.816. The Hall–Kier alpha value is -1.33. The van der Waals surface area contributed by atoms with Gasteiger partial charge in [0.15, 0.2) is 0 Å². The van der Waals surface area contributed by atoms with Crippen LogP contribution in [0.5, 0.6) is 0 Å². The fourth-order valence-electron chi connectivity index (χ4n) is 2.53. The molecule has 4 nitrogen and oxygen atoms in total. The van der Waals surface area contributed by atoms with Crippen molar-refractivity contribution in [3.05, 3.63) is 33.6 Å². The van der Waals surface area contributed by atoms with E-state index in [9.17, 15) is 0 Å². The lowest BCUT2D eigenvalue weighted by Gasteiger charge is -2.02. The smallest absolute Gasteiger partial charge is 0.215 e. The van der Waals surface area contributed by atoms with Gasteiger partial charge in [-0.15, -0.1) is 0 Å². The van der Waals surface area contributed by atoms with Crippen molar-refractivity contribution in [1.29, 1.82) is 0 Å². The Kier molecular flexibility index (Phi) is 2.91. The number of nitrogens with two attached hydrogens (primary N) is 1. The summed E-state index contributed by atoms with van der Waals surface area (Å²) in [4.78, 5) is 4.74. The predicted molar refractivity (Wildman–Crippen MR) is 81.6 cm³/mol. The summed E-state index contributed by atoms with van der Waals surface area (Å²) in [6.45, 7) is 4.88. The molecule has 19 heavy (non-hydrogen) atoms. The zero-order valence-electron chi connectivity index (χ0n) is 11.4. The predicted octanol–water partition coefficient (Wildman–Crippen LogP) is 2.71. The van der Waals surface area contributed by atoms with Gasteiger partial charge in [-0.1, -0.05) is 0 Å². The molecule has 0 unspecified atom stereocenters. The average molecular weight is 321 g/mol. The molecule has 100 valence electrons. The van der Waals surface area contributed by atoms with Crippen LogP contribution >= 0.6 is 15.9 Å². The van der Waals surface area contributed by atoms with Crippen LogP contribution in [0.15, 0.2) is 16.7 Å². The van der Waals surface area contributed by atoms with E-state index in [0.29, 0.717) is 6.54 Å². The topological polar surface area (TPSA) is 48.2 Å². The Morgan fingerprint density at radius 1 is 1.26 bits per heavy atom. The molecule has 0 aliphatic rings. The second kappa shape index (κ2) is 4.35. The Bertz CT molecular complexity index is 782. The first kappa shape index (κ1) is 12.7. The molecule has 1 aromatic carbocycles. The van der Waals surface area contributed by atoms with Crippen LogP contribution < -0.4 is 5.73 Å². The maximum absolute atomic E-state index is 5.68. The van der Waals surface area contributed by atoms with E-state index < -0.39 is 0 Å². The number of aromatic nitrogens is 3. The van der Waals surface area contributed by atoms with Crippen LogP contribution in [0.25, 0.3) is 16.8 Å². The van der Waals surface area contributed by atoms with E-state index in [1.807, 2.05) is 7.05 Å². The summed E-state index contributed by atoms with van der Waals surface area (Å²) in [5, 5.41) is 0. The Morgan fingerprint density at radius 3 is 2.63 bits per heavy atom. The van der Waals surface area contributed by atoms with E-state index in [1.54, 1.807) is 0 Å². The number of hydrogen-bond donors (Lipinski definition) is 1. The van der Waals surface area contributed by atoms with Crippen molar-refractivity contribution < 1.29 is 0 Å². The second-order valence-electron chi connectivity index (χ2n) is 5.01. The number of aryl methyl sites for hydroxylation is 3. The quantitative estimate of drug-likeness (QED) is 0.789. The van der Waals surface area contributed by atoms with E-state index in [2.05, 4.69) is 50.9 Å². The third-order valence-electron chi connectivity index (χ3n) is 3.77. The number of hydrogen-bond acceptors (Lipinski definition) is 2. The minimum Gasteiger partial charge on any atom is -0.330 e. The first-order valence-electron chi connectivity index (χ1n) is 6.37. The van der Waals surface area contributed by atoms with Crippen molar-refractivity contribution >= 4 is 32.7 Å². The zero-order chi connectivity index (χ0) is 13.7. The van der Waals surface area contributed by atoms with Crippen LogP contribution in [-0.2, 0) is 13.5 Å². The average Bonchev–Trinajstić information content (AvgIpc) is 2.82. The molecule has 0 saturated heterocycles. The van der Waals surface area contributed by atoms with Gasteiger partial charge in [0, 0.05) is 13.5 Å². The van der Waals surface area contributed by atoms with E-state index in [4.69, 9.17) is 10.7 Å². The molecule has 0 aliphatic heterocycles. The minimum absolute atomic E-state index is 0.635. The first-order chi connectivity index (χ1) is 9.04. The molecule has 0 saturated carbocycles. The molecule has 0 aliphatic carbocycles. The molecule has 3 aromatic rings. The third kappa shape index (κ3) is 1.72. The van der Waals surface area contributed by atoms with Gasteiger partial charge >= 0.3 is 0 Å². The van der Waals surface area contributed by atoms with Gasteiger partial charge < -0.3 is 10.3 Å². The molecule has 0 radical (unpaired) electrons. The van der Waals surface area contributed by atoms with Gasteiger partial charge in [0.05, 0.1) is 16.7 Å². The summed E-state index contributed by atoms with van der Waals surface area (Å²) in [6, 6.07) is 4.34. The number of benzene rings is 1. The highest BCUT2D eigenvalue weighted by Gasteiger charge is 2.17.